The number of imidazole rings is 1. The molecule has 2 rings (SSSR count). The Morgan fingerprint density at radius 2 is 2.43 bits per heavy atom. The molecule has 0 aromatic carbocycles. The molecule has 0 fully saturated rings. The first-order chi connectivity index (χ1) is 6.72. The number of nitrogens with zero attached hydrogens (tertiary/aromatic N) is 3. The smallest absolute Gasteiger partial charge is 0.279 e. The fourth-order valence-electron chi connectivity index (χ4n) is 1.33. The van der Waals surface area contributed by atoms with E-state index in [2.05, 4.69) is 15.0 Å². The lowest BCUT2D eigenvalue weighted by Crippen LogP contribution is -2.11. The van der Waals surface area contributed by atoms with Crippen LogP contribution < -0.4 is 5.56 Å². The van der Waals surface area contributed by atoms with E-state index in [4.69, 9.17) is 5.11 Å². The Bertz CT molecular complexity index is 514. The Morgan fingerprint density at radius 1 is 1.64 bits per heavy atom. The third-order valence-electron chi connectivity index (χ3n) is 1.93. The molecule has 0 aliphatic heterocycles. The van der Waals surface area contributed by atoms with Gasteiger partial charge in [-0.05, 0) is 6.92 Å². The summed E-state index contributed by atoms with van der Waals surface area (Å²) >= 11 is 0. The molecule has 0 bridgehead atoms. The van der Waals surface area contributed by atoms with Gasteiger partial charge in [-0.25, -0.2) is 9.97 Å². The first-order valence-electron chi connectivity index (χ1n) is 4.25. The number of H-pyrrole nitrogens is 1. The van der Waals surface area contributed by atoms with E-state index >= 15 is 0 Å². The number of hydrogen-bond acceptors (Lipinski definition) is 4. The van der Waals surface area contributed by atoms with E-state index in [1.165, 1.54) is 6.33 Å². The average molecular weight is 194 g/mol. The van der Waals surface area contributed by atoms with E-state index < -0.39 is 0 Å². The zero-order chi connectivity index (χ0) is 10.1. The number of aromatic amines is 1. The van der Waals surface area contributed by atoms with Gasteiger partial charge >= 0.3 is 0 Å². The van der Waals surface area contributed by atoms with Crippen LogP contribution in [0.5, 0.6) is 0 Å². The van der Waals surface area contributed by atoms with Gasteiger partial charge in [0.1, 0.15) is 5.82 Å². The van der Waals surface area contributed by atoms with Gasteiger partial charge in [0.05, 0.1) is 12.9 Å². The third kappa shape index (κ3) is 1.29. The van der Waals surface area contributed by atoms with Gasteiger partial charge in [-0.15, -0.1) is 0 Å². The van der Waals surface area contributed by atoms with Crippen LogP contribution in [0.2, 0.25) is 0 Å². The Balaban J connectivity index is 2.72. The predicted molar refractivity (Wildman–Crippen MR) is 50.0 cm³/mol. The van der Waals surface area contributed by atoms with Crippen LogP contribution in [0.25, 0.3) is 11.2 Å². The highest BCUT2D eigenvalue weighted by molar-refractivity contribution is 5.69. The van der Waals surface area contributed by atoms with Crippen LogP contribution in [-0.4, -0.2) is 31.2 Å². The van der Waals surface area contributed by atoms with Crippen molar-refractivity contribution in [2.45, 2.75) is 13.5 Å². The van der Waals surface area contributed by atoms with Crippen LogP contribution in [0.3, 0.4) is 0 Å². The zero-order valence-corrected chi connectivity index (χ0v) is 7.69. The molecule has 2 aromatic heterocycles. The van der Waals surface area contributed by atoms with Gasteiger partial charge in [0.25, 0.3) is 5.56 Å². The van der Waals surface area contributed by atoms with Crippen LogP contribution in [0.4, 0.5) is 0 Å². The second kappa shape index (κ2) is 3.22. The summed E-state index contributed by atoms with van der Waals surface area (Å²) in [5.41, 5.74) is 0.577. The summed E-state index contributed by atoms with van der Waals surface area (Å²) in [7, 11) is 0. The number of aliphatic hydroxyl groups excluding tert-OH is 1. The number of aliphatic hydroxyl groups is 1. The highest BCUT2D eigenvalue weighted by Crippen LogP contribution is 2.04. The second-order valence-corrected chi connectivity index (χ2v) is 2.99. The molecule has 6 nitrogen and oxygen atoms in total. The van der Waals surface area contributed by atoms with E-state index in [9.17, 15) is 4.79 Å². The fraction of sp³-hybridized carbons (Fsp3) is 0.375. The van der Waals surface area contributed by atoms with Crippen molar-refractivity contribution in [1.29, 1.82) is 0 Å². The highest BCUT2D eigenvalue weighted by atomic mass is 16.3. The van der Waals surface area contributed by atoms with E-state index in [0.717, 1.165) is 0 Å². The van der Waals surface area contributed by atoms with Gasteiger partial charge in [-0.3, -0.25) is 4.79 Å². The third-order valence-corrected chi connectivity index (χ3v) is 1.93. The molecule has 0 unspecified atom stereocenters. The largest absolute Gasteiger partial charge is 0.395 e. The molecule has 0 radical (unpaired) electrons. The van der Waals surface area contributed by atoms with Gasteiger partial charge in [0.2, 0.25) is 0 Å². The number of aromatic nitrogens is 4. The number of nitrogens with one attached hydrogen (secondary N) is 1. The lowest BCUT2D eigenvalue weighted by molar-refractivity contribution is 0.277. The minimum atomic E-state index is -0.246. The fourth-order valence-corrected chi connectivity index (χ4v) is 1.33. The summed E-state index contributed by atoms with van der Waals surface area (Å²) in [6, 6.07) is 0. The molecule has 14 heavy (non-hydrogen) atoms. The average Bonchev–Trinajstić information content (AvgIpc) is 2.49. The molecule has 0 spiro atoms. The maximum Gasteiger partial charge on any atom is 0.279 e. The summed E-state index contributed by atoms with van der Waals surface area (Å²) in [5, 5.41) is 8.77. The molecular weight excluding hydrogens is 184 g/mol. The standard InChI is InChI=1S/C8H10N4O2/c1-5-10-7-6(8(14)11-5)9-4-12(7)2-3-13/h4,13H,2-3H2,1H3,(H,10,11,14). The zero-order valence-electron chi connectivity index (χ0n) is 7.69. The van der Waals surface area contributed by atoms with Crippen molar-refractivity contribution in [3.05, 3.63) is 22.5 Å². The first-order valence-corrected chi connectivity index (χ1v) is 4.25. The minimum Gasteiger partial charge on any atom is -0.395 e. The highest BCUT2D eigenvalue weighted by Gasteiger charge is 2.07. The molecule has 0 atom stereocenters. The lowest BCUT2D eigenvalue weighted by Gasteiger charge is -1.99. The van der Waals surface area contributed by atoms with E-state index in [1.54, 1.807) is 11.5 Å². The van der Waals surface area contributed by atoms with Crippen LogP contribution in [-0.2, 0) is 6.54 Å². The van der Waals surface area contributed by atoms with Crippen molar-refractivity contribution in [3.63, 3.8) is 0 Å². The quantitative estimate of drug-likeness (QED) is 0.670. The Kier molecular flexibility index (Phi) is 2.05. The van der Waals surface area contributed by atoms with Crippen LogP contribution in [0.1, 0.15) is 5.82 Å². The predicted octanol–water partition coefficient (Wildman–Crippen LogP) is -0.580. The van der Waals surface area contributed by atoms with Gasteiger partial charge < -0.3 is 14.7 Å². The molecule has 0 amide bonds. The van der Waals surface area contributed by atoms with Gasteiger partial charge in [0.15, 0.2) is 11.2 Å². The molecular formula is C8H10N4O2. The monoisotopic (exact) mass is 194 g/mol. The summed E-state index contributed by atoms with van der Waals surface area (Å²) in [6.45, 7) is 2.10. The summed E-state index contributed by atoms with van der Waals surface area (Å²) in [6.07, 6.45) is 1.50. The molecule has 0 aliphatic rings. The van der Waals surface area contributed by atoms with Crippen LogP contribution in [0, 0.1) is 6.92 Å². The Hall–Kier alpha value is -1.69. The van der Waals surface area contributed by atoms with Crippen molar-refractivity contribution in [1.82, 2.24) is 19.5 Å². The normalized spacial score (nSPS) is 11.0. The number of rotatable bonds is 2. The van der Waals surface area contributed by atoms with Crippen molar-refractivity contribution in [2.75, 3.05) is 6.61 Å². The summed E-state index contributed by atoms with van der Waals surface area (Å²) in [5.74, 6) is 0.544. The first kappa shape index (κ1) is 8.89. The Morgan fingerprint density at radius 3 is 3.14 bits per heavy atom. The lowest BCUT2D eigenvalue weighted by atomic mass is 10.5. The summed E-state index contributed by atoms with van der Waals surface area (Å²) < 4.78 is 1.65. The van der Waals surface area contributed by atoms with Gasteiger partial charge in [-0.1, -0.05) is 0 Å². The van der Waals surface area contributed by atoms with E-state index in [-0.39, 0.29) is 12.2 Å². The molecule has 0 aliphatic carbocycles. The second-order valence-electron chi connectivity index (χ2n) is 2.99. The molecule has 0 saturated heterocycles. The topological polar surface area (TPSA) is 83.8 Å². The van der Waals surface area contributed by atoms with Crippen LogP contribution in [0.15, 0.2) is 11.1 Å². The maximum atomic E-state index is 11.4. The summed E-state index contributed by atoms with van der Waals surface area (Å²) in [4.78, 5) is 22.0. The van der Waals surface area contributed by atoms with E-state index in [1.807, 2.05) is 0 Å². The number of fused-ring (bicyclic) bond motifs is 1. The van der Waals surface area contributed by atoms with Crippen molar-refractivity contribution >= 4 is 11.2 Å². The molecule has 74 valence electrons. The molecule has 6 heteroatoms. The molecule has 2 N–H and O–H groups in total. The SMILES string of the molecule is Cc1nc2c(ncn2CCO)c(=O)[nH]1. The van der Waals surface area contributed by atoms with Crippen LogP contribution >= 0.6 is 0 Å². The molecule has 0 saturated carbocycles. The van der Waals surface area contributed by atoms with E-state index in [0.29, 0.717) is 23.5 Å². The maximum absolute atomic E-state index is 11.4. The van der Waals surface area contributed by atoms with Gasteiger partial charge in [-0.2, -0.15) is 0 Å². The molecule has 2 heterocycles. The van der Waals surface area contributed by atoms with Crippen molar-refractivity contribution < 1.29 is 5.11 Å². The molecule has 2 aromatic rings. The van der Waals surface area contributed by atoms with Gasteiger partial charge in [0, 0.05) is 6.54 Å². The minimum absolute atomic E-state index is 0.00101. The number of hydrogen-bond donors (Lipinski definition) is 2. The number of aryl methyl sites for hydroxylation is 1. The van der Waals surface area contributed by atoms with Crippen molar-refractivity contribution in [2.24, 2.45) is 0 Å². The van der Waals surface area contributed by atoms with Crippen molar-refractivity contribution in [3.8, 4) is 0 Å². The Labute approximate surface area is 79.2 Å².